The number of nitrogens with one attached hydrogen (secondary N) is 1. The fourth-order valence-electron chi connectivity index (χ4n) is 1.72. The van der Waals surface area contributed by atoms with Gasteiger partial charge in [-0.25, -0.2) is 10.2 Å². The van der Waals surface area contributed by atoms with E-state index in [2.05, 4.69) is 10.5 Å². The molecule has 1 aromatic carbocycles. The van der Waals surface area contributed by atoms with E-state index in [-0.39, 0.29) is 12.5 Å². The summed E-state index contributed by atoms with van der Waals surface area (Å²) in [4.78, 5) is 24.6. The molecule has 0 saturated carbocycles. The van der Waals surface area contributed by atoms with Gasteiger partial charge in [-0.2, -0.15) is 5.10 Å². The second-order valence-corrected chi connectivity index (χ2v) is 6.59. The molecular weight excluding hydrogens is 338 g/mol. The van der Waals surface area contributed by atoms with Crippen LogP contribution >= 0.6 is 0 Å². The zero-order chi connectivity index (χ0) is 19.7. The van der Waals surface area contributed by atoms with E-state index in [0.29, 0.717) is 23.7 Å². The maximum atomic E-state index is 11.6. The van der Waals surface area contributed by atoms with Crippen LogP contribution in [0.5, 0.6) is 11.5 Å². The lowest BCUT2D eigenvalue weighted by molar-refractivity contribution is -0.130. The molecule has 0 atom stereocenters. The van der Waals surface area contributed by atoms with Gasteiger partial charge in [-0.15, -0.1) is 0 Å². The quantitative estimate of drug-likeness (QED) is 0.592. The highest BCUT2D eigenvalue weighted by Gasteiger charge is 2.15. The predicted octanol–water partition coefficient (Wildman–Crippen LogP) is 2.41. The second-order valence-electron chi connectivity index (χ2n) is 6.59. The number of hydrogen-bond donors (Lipinski definition) is 1. The van der Waals surface area contributed by atoms with E-state index >= 15 is 0 Å². The van der Waals surface area contributed by atoms with Crippen LogP contribution in [0.4, 0.5) is 4.79 Å². The SMILES string of the molecule is CCOc1cc(/C=N\NC(=O)OC(C)(C)C)ccc1OCC(=O)N(C)C. The van der Waals surface area contributed by atoms with Gasteiger partial charge >= 0.3 is 6.09 Å². The Balaban J connectivity index is 2.76. The van der Waals surface area contributed by atoms with Gasteiger partial charge in [0.1, 0.15) is 5.60 Å². The van der Waals surface area contributed by atoms with Crippen LogP contribution in [-0.2, 0) is 9.53 Å². The van der Waals surface area contributed by atoms with Crippen molar-refractivity contribution in [2.24, 2.45) is 5.10 Å². The number of hydrogen-bond acceptors (Lipinski definition) is 6. The highest BCUT2D eigenvalue weighted by molar-refractivity contribution is 5.82. The molecule has 26 heavy (non-hydrogen) atoms. The van der Waals surface area contributed by atoms with Crippen LogP contribution in [-0.4, -0.2) is 56.0 Å². The third kappa shape index (κ3) is 7.87. The molecule has 0 aliphatic rings. The van der Waals surface area contributed by atoms with E-state index in [9.17, 15) is 9.59 Å². The van der Waals surface area contributed by atoms with Crippen molar-refractivity contribution in [1.29, 1.82) is 0 Å². The van der Waals surface area contributed by atoms with Gasteiger partial charge in [-0.3, -0.25) is 4.79 Å². The Morgan fingerprint density at radius 2 is 1.88 bits per heavy atom. The summed E-state index contributed by atoms with van der Waals surface area (Å²) in [5.41, 5.74) is 2.39. The van der Waals surface area contributed by atoms with Crippen molar-refractivity contribution in [3.8, 4) is 11.5 Å². The minimum atomic E-state index is -0.638. The molecule has 1 N–H and O–H groups in total. The van der Waals surface area contributed by atoms with Crippen molar-refractivity contribution in [2.75, 3.05) is 27.3 Å². The van der Waals surface area contributed by atoms with E-state index in [1.165, 1.54) is 11.1 Å². The molecule has 0 fully saturated rings. The van der Waals surface area contributed by atoms with Gasteiger partial charge in [0.25, 0.3) is 5.91 Å². The molecule has 0 saturated heterocycles. The Bertz CT molecular complexity index is 651. The summed E-state index contributed by atoms with van der Waals surface area (Å²) in [7, 11) is 3.32. The molecule has 0 unspecified atom stereocenters. The first kappa shape index (κ1) is 21.3. The lowest BCUT2D eigenvalue weighted by atomic mass is 10.2. The molecule has 0 aromatic heterocycles. The highest BCUT2D eigenvalue weighted by Crippen LogP contribution is 2.28. The van der Waals surface area contributed by atoms with Crippen LogP contribution in [0, 0.1) is 0 Å². The molecule has 8 nitrogen and oxygen atoms in total. The monoisotopic (exact) mass is 365 g/mol. The number of benzene rings is 1. The van der Waals surface area contributed by atoms with Gasteiger partial charge in [0.2, 0.25) is 0 Å². The Hall–Kier alpha value is -2.77. The van der Waals surface area contributed by atoms with Crippen LogP contribution in [0.1, 0.15) is 33.3 Å². The van der Waals surface area contributed by atoms with Crippen LogP contribution in [0.15, 0.2) is 23.3 Å². The third-order valence-corrected chi connectivity index (χ3v) is 2.89. The summed E-state index contributed by atoms with van der Waals surface area (Å²) in [5.74, 6) is 0.791. The first-order chi connectivity index (χ1) is 12.1. The van der Waals surface area contributed by atoms with Gasteiger partial charge in [-0.1, -0.05) is 0 Å². The summed E-state index contributed by atoms with van der Waals surface area (Å²) < 4.78 is 16.1. The Kier molecular flexibility index (Phi) is 7.89. The van der Waals surface area contributed by atoms with Crippen molar-refractivity contribution in [1.82, 2.24) is 10.3 Å². The molecule has 8 heteroatoms. The fourth-order valence-corrected chi connectivity index (χ4v) is 1.72. The number of hydrazone groups is 1. The Labute approximate surface area is 154 Å². The first-order valence-electron chi connectivity index (χ1n) is 8.24. The molecule has 144 valence electrons. The van der Waals surface area contributed by atoms with Crippen molar-refractivity contribution in [2.45, 2.75) is 33.3 Å². The summed E-state index contributed by atoms with van der Waals surface area (Å²) in [5, 5.41) is 3.85. The maximum absolute atomic E-state index is 11.6. The average molecular weight is 365 g/mol. The van der Waals surface area contributed by atoms with Crippen molar-refractivity contribution in [3.63, 3.8) is 0 Å². The fraction of sp³-hybridized carbons (Fsp3) is 0.500. The van der Waals surface area contributed by atoms with Crippen LogP contribution in [0.25, 0.3) is 0 Å². The number of likely N-dealkylation sites (N-methyl/N-ethyl adjacent to an activating group) is 1. The summed E-state index contributed by atoms with van der Waals surface area (Å²) in [6.45, 7) is 7.51. The molecule has 2 amide bonds. The molecule has 0 spiro atoms. The maximum Gasteiger partial charge on any atom is 0.428 e. The topological polar surface area (TPSA) is 89.5 Å². The molecular formula is C18H27N3O5. The number of amides is 2. The molecule has 0 aliphatic heterocycles. The second kappa shape index (κ2) is 9.65. The van der Waals surface area contributed by atoms with Gasteiger partial charge < -0.3 is 19.1 Å². The molecule has 0 aliphatic carbocycles. The van der Waals surface area contributed by atoms with E-state index in [1.54, 1.807) is 53.1 Å². The third-order valence-electron chi connectivity index (χ3n) is 2.89. The van der Waals surface area contributed by atoms with Gasteiger partial charge in [0.15, 0.2) is 18.1 Å². The smallest absolute Gasteiger partial charge is 0.428 e. The summed E-state index contributed by atoms with van der Waals surface area (Å²) in [6.07, 6.45) is 0.821. The van der Waals surface area contributed by atoms with E-state index in [4.69, 9.17) is 14.2 Å². The molecule has 0 heterocycles. The van der Waals surface area contributed by atoms with Gasteiger partial charge in [-0.05, 0) is 51.5 Å². The summed E-state index contributed by atoms with van der Waals surface area (Å²) >= 11 is 0. The minimum Gasteiger partial charge on any atom is -0.490 e. The summed E-state index contributed by atoms with van der Waals surface area (Å²) in [6, 6.07) is 5.13. The van der Waals surface area contributed by atoms with Crippen LogP contribution in [0.3, 0.4) is 0 Å². The van der Waals surface area contributed by atoms with Gasteiger partial charge in [0, 0.05) is 14.1 Å². The minimum absolute atomic E-state index is 0.0826. The molecule has 1 aromatic rings. The molecule has 0 radical (unpaired) electrons. The molecule has 1 rings (SSSR count). The number of nitrogens with zero attached hydrogens (tertiary/aromatic N) is 2. The zero-order valence-corrected chi connectivity index (χ0v) is 16.2. The normalized spacial score (nSPS) is 11.2. The number of carbonyl (C=O) groups is 2. The highest BCUT2D eigenvalue weighted by atomic mass is 16.6. The number of rotatable bonds is 7. The Morgan fingerprint density at radius 1 is 1.19 bits per heavy atom. The Morgan fingerprint density at radius 3 is 2.46 bits per heavy atom. The van der Waals surface area contributed by atoms with Crippen LogP contribution < -0.4 is 14.9 Å². The number of ether oxygens (including phenoxy) is 3. The van der Waals surface area contributed by atoms with E-state index in [1.807, 2.05) is 6.92 Å². The zero-order valence-electron chi connectivity index (χ0n) is 16.2. The van der Waals surface area contributed by atoms with Crippen molar-refractivity contribution < 1.29 is 23.8 Å². The molecule has 0 bridgehead atoms. The number of carbonyl (C=O) groups excluding carboxylic acids is 2. The lowest BCUT2D eigenvalue weighted by Crippen LogP contribution is -2.29. The largest absolute Gasteiger partial charge is 0.490 e. The van der Waals surface area contributed by atoms with Crippen molar-refractivity contribution in [3.05, 3.63) is 23.8 Å². The van der Waals surface area contributed by atoms with E-state index < -0.39 is 11.7 Å². The van der Waals surface area contributed by atoms with Gasteiger partial charge in [0.05, 0.1) is 12.8 Å². The standard InChI is InChI=1S/C18H27N3O5/c1-7-24-15-10-13(11-19-20-17(23)26-18(2,3)4)8-9-14(15)25-12-16(22)21(5)6/h8-11H,7,12H2,1-6H3,(H,20,23)/b19-11-. The predicted molar refractivity (Wildman–Crippen MR) is 98.8 cm³/mol. The first-order valence-corrected chi connectivity index (χ1v) is 8.24. The average Bonchev–Trinajstić information content (AvgIpc) is 2.52. The van der Waals surface area contributed by atoms with Crippen molar-refractivity contribution >= 4 is 18.2 Å². The van der Waals surface area contributed by atoms with E-state index in [0.717, 1.165) is 0 Å². The van der Waals surface area contributed by atoms with Crippen LogP contribution in [0.2, 0.25) is 0 Å². The lowest BCUT2D eigenvalue weighted by Gasteiger charge is -2.18.